The molecule has 2 nitrogen and oxygen atoms in total. The van der Waals surface area contributed by atoms with Crippen LogP contribution in [0, 0.1) is 0 Å². The van der Waals surface area contributed by atoms with Crippen molar-refractivity contribution < 1.29 is 9.53 Å². The summed E-state index contributed by atoms with van der Waals surface area (Å²) in [7, 11) is 0. The second-order valence-electron chi connectivity index (χ2n) is 2.77. The van der Waals surface area contributed by atoms with E-state index in [9.17, 15) is 4.79 Å². The minimum absolute atomic E-state index is 0.282. The van der Waals surface area contributed by atoms with Gasteiger partial charge in [0.2, 0.25) is 0 Å². The normalized spacial score (nSPS) is 15.1. The molecule has 13 heavy (non-hydrogen) atoms. The van der Waals surface area contributed by atoms with E-state index in [4.69, 9.17) is 16.3 Å². The summed E-state index contributed by atoms with van der Waals surface area (Å²) in [5.74, 6) is -0.282. The topological polar surface area (TPSA) is 26.3 Å². The van der Waals surface area contributed by atoms with Gasteiger partial charge in [0.1, 0.15) is 0 Å². The molecule has 4 heteroatoms. The summed E-state index contributed by atoms with van der Waals surface area (Å²) in [5.41, 5.74) is 1.46. The number of rotatable bonds is 0. The Morgan fingerprint density at radius 3 is 3.00 bits per heavy atom. The van der Waals surface area contributed by atoms with Crippen molar-refractivity contribution in [2.45, 2.75) is 6.42 Å². The fourth-order valence-electron chi connectivity index (χ4n) is 1.35. The number of carbonyl (C=O) groups excluding carboxylic acids is 1. The first kappa shape index (κ1) is 9.03. The molecule has 0 amide bonds. The summed E-state index contributed by atoms with van der Waals surface area (Å²) >= 11 is 9.33. The van der Waals surface area contributed by atoms with Gasteiger partial charge in [-0.25, -0.2) is 4.79 Å². The lowest BCUT2D eigenvalue weighted by molar-refractivity contribution is 0.0480. The Labute approximate surface area is 89.0 Å². The second-order valence-corrected chi connectivity index (χ2v) is 4.01. The van der Waals surface area contributed by atoms with Gasteiger partial charge in [-0.15, -0.1) is 0 Å². The van der Waals surface area contributed by atoms with E-state index < -0.39 is 0 Å². The average Bonchev–Trinajstić information content (AvgIpc) is 2.12. The standard InChI is InChI=1S/C9H6BrClO2/c10-7-2-1-6-5(8(7)11)3-4-13-9(6)12/h1-2H,3-4H2. The lowest BCUT2D eigenvalue weighted by atomic mass is 10.0. The van der Waals surface area contributed by atoms with Crippen molar-refractivity contribution in [3.63, 3.8) is 0 Å². The fraction of sp³-hybridized carbons (Fsp3) is 0.222. The molecule has 1 aromatic rings. The van der Waals surface area contributed by atoms with Crippen LogP contribution in [0.3, 0.4) is 0 Å². The van der Waals surface area contributed by atoms with Crippen molar-refractivity contribution >= 4 is 33.5 Å². The Hall–Kier alpha value is -0.540. The molecule has 1 aliphatic rings. The molecular weight excluding hydrogens is 255 g/mol. The van der Waals surface area contributed by atoms with Crippen LogP contribution in [0.1, 0.15) is 15.9 Å². The highest BCUT2D eigenvalue weighted by molar-refractivity contribution is 9.10. The lowest BCUT2D eigenvalue weighted by Gasteiger charge is -2.17. The first-order valence-corrected chi connectivity index (χ1v) is 5.01. The third-order valence-corrected chi connectivity index (χ3v) is 3.32. The molecule has 0 aliphatic carbocycles. The van der Waals surface area contributed by atoms with E-state index in [1.54, 1.807) is 12.1 Å². The van der Waals surface area contributed by atoms with Gasteiger partial charge in [-0.05, 0) is 33.6 Å². The Bertz CT molecular complexity index is 376. The molecule has 0 bridgehead atoms. The minimum Gasteiger partial charge on any atom is -0.462 e. The van der Waals surface area contributed by atoms with Crippen LogP contribution in [0.4, 0.5) is 0 Å². The molecule has 0 saturated heterocycles. The molecule has 0 N–H and O–H groups in total. The van der Waals surface area contributed by atoms with Crippen molar-refractivity contribution in [1.82, 2.24) is 0 Å². The van der Waals surface area contributed by atoms with Gasteiger partial charge in [0, 0.05) is 10.9 Å². The van der Waals surface area contributed by atoms with Crippen molar-refractivity contribution in [2.24, 2.45) is 0 Å². The maximum absolute atomic E-state index is 11.3. The number of ether oxygens (including phenoxy) is 1. The Morgan fingerprint density at radius 2 is 2.23 bits per heavy atom. The maximum Gasteiger partial charge on any atom is 0.338 e. The number of fused-ring (bicyclic) bond motifs is 1. The van der Waals surface area contributed by atoms with E-state index in [0.29, 0.717) is 23.6 Å². The Balaban J connectivity index is 2.63. The summed E-state index contributed by atoms with van der Waals surface area (Å²) in [6.07, 6.45) is 0.694. The number of esters is 1. The monoisotopic (exact) mass is 260 g/mol. The summed E-state index contributed by atoms with van der Waals surface area (Å²) in [4.78, 5) is 11.3. The highest BCUT2D eigenvalue weighted by atomic mass is 79.9. The molecule has 0 radical (unpaired) electrons. The van der Waals surface area contributed by atoms with Crippen LogP contribution < -0.4 is 0 Å². The molecule has 0 unspecified atom stereocenters. The predicted octanol–water partition coefficient (Wildman–Crippen LogP) is 2.82. The molecule has 1 aliphatic heterocycles. The third-order valence-electron chi connectivity index (χ3n) is 2.00. The van der Waals surface area contributed by atoms with Crippen LogP contribution in [0.25, 0.3) is 0 Å². The van der Waals surface area contributed by atoms with Crippen LogP contribution in [0.2, 0.25) is 5.02 Å². The molecule has 68 valence electrons. The predicted molar refractivity (Wildman–Crippen MR) is 53.1 cm³/mol. The van der Waals surface area contributed by atoms with Crippen LogP contribution in [0.15, 0.2) is 16.6 Å². The fourth-order valence-corrected chi connectivity index (χ4v) is 1.98. The van der Waals surface area contributed by atoms with Gasteiger partial charge in [-0.2, -0.15) is 0 Å². The average molecular weight is 262 g/mol. The highest BCUT2D eigenvalue weighted by Crippen LogP contribution is 2.31. The van der Waals surface area contributed by atoms with Crippen molar-refractivity contribution in [2.75, 3.05) is 6.61 Å². The molecule has 0 saturated carbocycles. The SMILES string of the molecule is O=C1OCCc2c1ccc(Br)c2Cl. The van der Waals surface area contributed by atoms with Crippen LogP contribution in [0.5, 0.6) is 0 Å². The Morgan fingerprint density at radius 1 is 1.46 bits per heavy atom. The van der Waals surface area contributed by atoms with Gasteiger partial charge in [-0.1, -0.05) is 11.6 Å². The number of halogens is 2. The largest absolute Gasteiger partial charge is 0.462 e. The lowest BCUT2D eigenvalue weighted by Crippen LogP contribution is -2.17. The zero-order valence-electron chi connectivity index (χ0n) is 6.64. The number of hydrogen-bond donors (Lipinski definition) is 0. The van der Waals surface area contributed by atoms with Gasteiger partial charge in [-0.3, -0.25) is 0 Å². The molecule has 0 atom stereocenters. The molecule has 1 heterocycles. The van der Waals surface area contributed by atoms with Crippen molar-refractivity contribution in [1.29, 1.82) is 0 Å². The van der Waals surface area contributed by atoms with E-state index >= 15 is 0 Å². The summed E-state index contributed by atoms with van der Waals surface area (Å²) in [5, 5.41) is 0.620. The number of carbonyl (C=O) groups is 1. The molecule has 0 fully saturated rings. The summed E-state index contributed by atoms with van der Waals surface area (Å²) < 4.78 is 5.71. The maximum atomic E-state index is 11.3. The number of cyclic esters (lactones) is 1. The van der Waals surface area contributed by atoms with Crippen LogP contribution >= 0.6 is 27.5 Å². The highest BCUT2D eigenvalue weighted by Gasteiger charge is 2.21. The molecule has 1 aromatic carbocycles. The zero-order valence-corrected chi connectivity index (χ0v) is 8.98. The zero-order chi connectivity index (χ0) is 9.42. The van der Waals surface area contributed by atoms with Gasteiger partial charge >= 0.3 is 5.97 Å². The third kappa shape index (κ3) is 1.46. The van der Waals surface area contributed by atoms with Gasteiger partial charge < -0.3 is 4.74 Å². The van der Waals surface area contributed by atoms with Gasteiger partial charge in [0.05, 0.1) is 17.2 Å². The smallest absolute Gasteiger partial charge is 0.338 e. The van der Waals surface area contributed by atoms with E-state index in [2.05, 4.69) is 15.9 Å². The van der Waals surface area contributed by atoms with Gasteiger partial charge in [0.25, 0.3) is 0 Å². The number of benzene rings is 1. The number of hydrogen-bond acceptors (Lipinski definition) is 2. The van der Waals surface area contributed by atoms with Crippen LogP contribution in [-0.2, 0) is 11.2 Å². The van der Waals surface area contributed by atoms with Crippen molar-refractivity contribution in [3.05, 3.63) is 32.8 Å². The molecular formula is C9H6BrClO2. The van der Waals surface area contributed by atoms with E-state index in [0.717, 1.165) is 10.0 Å². The first-order chi connectivity index (χ1) is 6.20. The Kier molecular flexibility index (Phi) is 2.30. The summed E-state index contributed by atoms with van der Waals surface area (Å²) in [6, 6.07) is 3.49. The van der Waals surface area contributed by atoms with Crippen LogP contribution in [-0.4, -0.2) is 12.6 Å². The molecule has 2 rings (SSSR count). The first-order valence-electron chi connectivity index (χ1n) is 3.84. The quantitative estimate of drug-likeness (QED) is 0.671. The minimum atomic E-state index is -0.282. The molecule has 0 aromatic heterocycles. The second kappa shape index (κ2) is 3.31. The van der Waals surface area contributed by atoms with Gasteiger partial charge in [0.15, 0.2) is 0 Å². The molecule has 0 spiro atoms. The van der Waals surface area contributed by atoms with Crippen molar-refractivity contribution in [3.8, 4) is 0 Å². The van der Waals surface area contributed by atoms with E-state index in [1.807, 2.05) is 0 Å². The van der Waals surface area contributed by atoms with E-state index in [1.165, 1.54) is 0 Å². The van der Waals surface area contributed by atoms with E-state index in [-0.39, 0.29) is 5.97 Å². The summed E-state index contributed by atoms with van der Waals surface area (Å²) in [6.45, 7) is 0.419.